The Morgan fingerprint density at radius 1 is 1.58 bits per heavy atom. The molecule has 0 spiro atoms. The number of nitrogens with zero attached hydrogens (tertiary/aromatic N) is 1. The van der Waals surface area contributed by atoms with Gasteiger partial charge in [0, 0.05) is 5.38 Å². The van der Waals surface area contributed by atoms with Crippen molar-refractivity contribution >= 4 is 26.5 Å². The summed E-state index contributed by atoms with van der Waals surface area (Å²) in [6, 6.07) is 0. The smallest absolute Gasteiger partial charge is 0.234 e. The van der Waals surface area contributed by atoms with Crippen molar-refractivity contribution in [1.29, 1.82) is 0 Å². The Morgan fingerprint density at radius 2 is 2.37 bits per heavy atom. The van der Waals surface area contributed by atoms with E-state index in [-0.39, 0.29) is 11.7 Å². The summed E-state index contributed by atoms with van der Waals surface area (Å²) in [5.41, 5.74) is 0.932. The fourth-order valence-corrected chi connectivity index (χ4v) is 4.74. The fourth-order valence-electron chi connectivity index (χ4n) is 2.15. The van der Waals surface area contributed by atoms with Crippen LogP contribution in [0.3, 0.4) is 0 Å². The van der Waals surface area contributed by atoms with Crippen LogP contribution in [0.15, 0.2) is 5.38 Å². The second kappa shape index (κ2) is 6.19. The average molecular weight is 303 g/mol. The van der Waals surface area contributed by atoms with Crippen molar-refractivity contribution in [2.45, 2.75) is 32.6 Å². The van der Waals surface area contributed by atoms with Crippen molar-refractivity contribution in [3.63, 3.8) is 0 Å². The van der Waals surface area contributed by atoms with Gasteiger partial charge >= 0.3 is 0 Å². The predicted molar refractivity (Wildman–Crippen MR) is 79.2 cm³/mol. The number of thiazole rings is 1. The SMILES string of the molecule is CC(C)c1csc(NS(=O)(=O)CC2CCCNC2)n1. The van der Waals surface area contributed by atoms with E-state index in [1.807, 2.05) is 19.2 Å². The zero-order valence-electron chi connectivity index (χ0n) is 11.3. The molecule has 2 heterocycles. The number of hydrogen-bond acceptors (Lipinski definition) is 5. The fraction of sp³-hybridized carbons (Fsp3) is 0.750. The van der Waals surface area contributed by atoms with Crippen molar-refractivity contribution in [3.05, 3.63) is 11.1 Å². The summed E-state index contributed by atoms with van der Waals surface area (Å²) in [6.45, 7) is 5.87. The third-order valence-electron chi connectivity index (χ3n) is 3.21. The molecule has 0 saturated carbocycles. The van der Waals surface area contributed by atoms with Crippen LogP contribution in [0.2, 0.25) is 0 Å². The van der Waals surface area contributed by atoms with Crippen LogP contribution in [0.25, 0.3) is 0 Å². The Kier molecular flexibility index (Phi) is 4.81. The Labute approximate surface area is 118 Å². The Bertz CT molecular complexity index is 505. The minimum absolute atomic E-state index is 0.177. The molecule has 5 nitrogen and oxygen atoms in total. The van der Waals surface area contributed by atoms with Gasteiger partial charge in [-0.05, 0) is 37.8 Å². The topological polar surface area (TPSA) is 71.1 Å². The monoisotopic (exact) mass is 303 g/mol. The zero-order valence-corrected chi connectivity index (χ0v) is 13.0. The minimum atomic E-state index is -3.29. The highest BCUT2D eigenvalue weighted by atomic mass is 32.2. The van der Waals surface area contributed by atoms with Gasteiger partial charge in [-0.15, -0.1) is 11.3 Å². The van der Waals surface area contributed by atoms with Crippen LogP contribution in [0.1, 0.15) is 38.3 Å². The number of piperidine rings is 1. The first kappa shape index (κ1) is 14.7. The largest absolute Gasteiger partial charge is 0.316 e. The van der Waals surface area contributed by atoms with E-state index < -0.39 is 10.0 Å². The summed E-state index contributed by atoms with van der Waals surface area (Å²) in [5, 5.41) is 5.62. The molecule has 1 unspecified atom stereocenters. The number of anilines is 1. The van der Waals surface area contributed by atoms with Gasteiger partial charge in [-0.25, -0.2) is 13.4 Å². The van der Waals surface area contributed by atoms with Crippen LogP contribution in [-0.4, -0.2) is 32.2 Å². The lowest BCUT2D eigenvalue weighted by atomic mass is 10.0. The first-order valence-corrected chi connectivity index (χ1v) is 9.16. The molecule has 19 heavy (non-hydrogen) atoms. The maximum absolute atomic E-state index is 12.1. The molecule has 1 atom stereocenters. The lowest BCUT2D eigenvalue weighted by Gasteiger charge is -2.22. The highest BCUT2D eigenvalue weighted by molar-refractivity contribution is 7.92. The maximum Gasteiger partial charge on any atom is 0.234 e. The molecule has 1 aromatic heterocycles. The number of aromatic nitrogens is 1. The molecule has 7 heteroatoms. The Balaban J connectivity index is 1.95. The van der Waals surface area contributed by atoms with Crippen molar-refractivity contribution in [2.24, 2.45) is 5.92 Å². The van der Waals surface area contributed by atoms with Gasteiger partial charge in [-0.1, -0.05) is 13.8 Å². The van der Waals surface area contributed by atoms with Gasteiger partial charge < -0.3 is 5.32 Å². The molecular formula is C12H21N3O2S2. The lowest BCUT2D eigenvalue weighted by molar-refractivity contribution is 0.404. The van der Waals surface area contributed by atoms with E-state index in [1.54, 1.807) is 0 Å². The molecule has 1 fully saturated rings. The molecule has 0 bridgehead atoms. The zero-order chi connectivity index (χ0) is 13.9. The first-order valence-electron chi connectivity index (χ1n) is 6.63. The summed E-state index contributed by atoms with van der Waals surface area (Å²) >= 11 is 1.35. The maximum atomic E-state index is 12.1. The molecule has 0 aromatic carbocycles. The summed E-state index contributed by atoms with van der Waals surface area (Å²) in [7, 11) is -3.29. The number of hydrogen-bond donors (Lipinski definition) is 2. The van der Waals surface area contributed by atoms with E-state index >= 15 is 0 Å². The third-order valence-corrected chi connectivity index (χ3v) is 5.53. The highest BCUT2D eigenvalue weighted by Gasteiger charge is 2.22. The molecule has 0 amide bonds. The van der Waals surface area contributed by atoms with Gasteiger partial charge in [0.1, 0.15) is 0 Å². The van der Waals surface area contributed by atoms with Gasteiger partial charge in [0.05, 0.1) is 11.4 Å². The van der Waals surface area contributed by atoms with Crippen molar-refractivity contribution in [1.82, 2.24) is 10.3 Å². The van der Waals surface area contributed by atoms with Crippen molar-refractivity contribution < 1.29 is 8.42 Å². The molecule has 0 radical (unpaired) electrons. The summed E-state index contributed by atoms with van der Waals surface area (Å²) < 4.78 is 26.7. The quantitative estimate of drug-likeness (QED) is 0.873. The molecule has 108 valence electrons. The van der Waals surface area contributed by atoms with E-state index in [2.05, 4.69) is 15.0 Å². The number of sulfonamides is 1. The Hall–Kier alpha value is -0.660. The predicted octanol–water partition coefficient (Wildman–Crippen LogP) is 2.01. The van der Waals surface area contributed by atoms with Gasteiger partial charge in [-0.2, -0.15) is 0 Å². The van der Waals surface area contributed by atoms with Crippen LogP contribution < -0.4 is 10.0 Å². The van der Waals surface area contributed by atoms with Gasteiger partial charge in [0.15, 0.2) is 5.13 Å². The van der Waals surface area contributed by atoms with Crippen LogP contribution in [0.5, 0.6) is 0 Å². The molecule has 1 saturated heterocycles. The van der Waals surface area contributed by atoms with Crippen LogP contribution in [0.4, 0.5) is 5.13 Å². The molecule has 1 aliphatic heterocycles. The summed E-state index contributed by atoms with van der Waals surface area (Å²) in [5.74, 6) is 0.698. The minimum Gasteiger partial charge on any atom is -0.316 e. The second-order valence-corrected chi connectivity index (χ2v) is 7.95. The van der Waals surface area contributed by atoms with Gasteiger partial charge in [-0.3, -0.25) is 4.72 Å². The van der Waals surface area contributed by atoms with Crippen LogP contribution >= 0.6 is 11.3 Å². The molecule has 2 rings (SSSR count). The second-order valence-electron chi connectivity index (χ2n) is 5.33. The number of rotatable bonds is 5. The lowest BCUT2D eigenvalue weighted by Crippen LogP contribution is -2.35. The van der Waals surface area contributed by atoms with E-state index in [0.717, 1.165) is 31.6 Å². The summed E-state index contributed by atoms with van der Waals surface area (Å²) in [6.07, 6.45) is 2.03. The van der Waals surface area contributed by atoms with E-state index in [4.69, 9.17) is 0 Å². The molecule has 1 aliphatic rings. The van der Waals surface area contributed by atoms with E-state index in [0.29, 0.717) is 11.0 Å². The molecule has 1 aromatic rings. The van der Waals surface area contributed by atoms with E-state index in [9.17, 15) is 8.42 Å². The average Bonchev–Trinajstić information content (AvgIpc) is 2.77. The Morgan fingerprint density at radius 3 is 2.95 bits per heavy atom. The molecule has 0 aliphatic carbocycles. The van der Waals surface area contributed by atoms with Gasteiger partial charge in [0.25, 0.3) is 0 Å². The van der Waals surface area contributed by atoms with E-state index in [1.165, 1.54) is 11.3 Å². The van der Waals surface area contributed by atoms with Crippen LogP contribution in [-0.2, 0) is 10.0 Å². The summed E-state index contributed by atoms with van der Waals surface area (Å²) in [4.78, 5) is 4.30. The molecule has 2 N–H and O–H groups in total. The van der Waals surface area contributed by atoms with Gasteiger partial charge in [0.2, 0.25) is 10.0 Å². The number of nitrogens with one attached hydrogen (secondary N) is 2. The highest BCUT2D eigenvalue weighted by Crippen LogP contribution is 2.23. The molecular weight excluding hydrogens is 282 g/mol. The third kappa shape index (κ3) is 4.43. The van der Waals surface area contributed by atoms with Crippen LogP contribution in [0, 0.1) is 5.92 Å². The van der Waals surface area contributed by atoms with Crippen molar-refractivity contribution in [2.75, 3.05) is 23.6 Å². The standard InChI is InChI=1S/C12H21N3O2S2/c1-9(2)11-7-18-12(14-11)15-19(16,17)8-10-4-3-5-13-6-10/h7,9-10,13H,3-6,8H2,1-2H3,(H,14,15). The van der Waals surface area contributed by atoms with Crippen molar-refractivity contribution in [3.8, 4) is 0 Å². The normalized spacial score (nSPS) is 20.7. The first-order chi connectivity index (χ1) is 8.96.